The van der Waals surface area contributed by atoms with Crippen molar-refractivity contribution in [2.75, 3.05) is 27.3 Å². The summed E-state index contributed by atoms with van der Waals surface area (Å²) >= 11 is 5.85. The van der Waals surface area contributed by atoms with Gasteiger partial charge in [0.2, 0.25) is 5.91 Å². The minimum Gasteiger partial charge on any atom is -0.493 e. The molecule has 3 aromatic rings. The predicted molar refractivity (Wildman–Crippen MR) is 120 cm³/mol. The van der Waals surface area contributed by atoms with Gasteiger partial charge in [-0.1, -0.05) is 17.7 Å². The molecule has 9 heteroatoms. The van der Waals surface area contributed by atoms with Crippen LogP contribution < -0.4 is 20.2 Å². The van der Waals surface area contributed by atoms with E-state index in [0.717, 1.165) is 5.56 Å². The van der Waals surface area contributed by atoms with Crippen molar-refractivity contribution in [3.8, 4) is 11.5 Å². The lowest BCUT2D eigenvalue weighted by Crippen LogP contribution is -2.41. The Labute approximate surface area is 189 Å². The van der Waals surface area contributed by atoms with Crippen molar-refractivity contribution in [3.05, 3.63) is 68.2 Å². The number of aromatic amines is 1. The number of amides is 1. The number of carbonyl (C=O) groups is 1. The lowest BCUT2D eigenvalue weighted by atomic mass is 10.0. The quantitative estimate of drug-likeness (QED) is 0.592. The molecule has 0 fully saturated rings. The van der Waals surface area contributed by atoms with E-state index < -0.39 is 5.82 Å². The maximum atomic E-state index is 14.3. The normalized spacial score (nSPS) is 13.6. The predicted octanol–water partition coefficient (Wildman–Crippen LogP) is 3.01. The van der Waals surface area contributed by atoms with Crippen molar-refractivity contribution in [1.82, 2.24) is 15.2 Å². The maximum Gasteiger partial charge on any atom is 0.234 e. The minimum absolute atomic E-state index is 0.0308. The summed E-state index contributed by atoms with van der Waals surface area (Å²) in [6.07, 6.45) is 0.509. The number of nitrogens with one attached hydrogen (secondary N) is 2. The van der Waals surface area contributed by atoms with Crippen molar-refractivity contribution >= 4 is 28.4 Å². The summed E-state index contributed by atoms with van der Waals surface area (Å²) in [6, 6.07) is 8.35. The third-order valence-corrected chi connectivity index (χ3v) is 5.91. The Hall–Kier alpha value is -3.10. The summed E-state index contributed by atoms with van der Waals surface area (Å²) in [5.41, 5.74) is 2.01. The zero-order valence-electron chi connectivity index (χ0n) is 17.8. The van der Waals surface area contributed by atoms with Gasteiger partial charge in [0, 0.05) is 42.7 Å². The molecule has 4 rings (SSSR count). The molecule has 1 aromatic heterocycles. The van der Waals surface area contributed by atoms with E-state index in [-0.39, 0.29) is 33.8 Å². The Bertz CT molecular complexity index is 1240. The lowest BCUT2D eigenvalue weighted by molar-refractivity contribution is -0.122. The average Bonchev–Trinajstić information content (AvgIpc) is 2.80. The number of ether oxygens (including phenoxy) is 2. The number of nitrogens with zero attached hydrogens (tertiary/aromatic N) is 1. The van der Waals surface area contributed by atoms with E-state index in [4.69, 9.17) is 21.1 Å². The third-order valence-electron chi connectivity index (χ3n) is 5.62. The fraction of sp³-hybridized carbons (Fsp3) is 0.304. The van der Waals surface area contributed by atoms with Gasteiger partial charge in [-0.2, -0.15) is 0 Å². The number of pyridine rings is 1. The second-order valence-electron chi connectivity index (χ2n) is 7.62. The van der Waals surface area contributed by atoms with Crippen LogP contribution in [-0.2, 0) is 24.3 Å². The van der Waals surface area contributed by atoms with Crippen LogP contribution in [0.3, 0.4) is 0 Å². The van der Waals surface area contributed by atoms with Crippen molar-refractivity contribution in [3.63, 3.8) is 0 Å². The van der Waals surface area contributed by atoms with Gasteiger partial charge in [-0.3, -0.25) is 14.5 Å². The molecule has 1 amide bonds. The van der Waals surface area contributed by atoms with Crippen LogP contribution in [0.5, 0.6) is 11.5 Å². The van der Waals surface area contributed by atoms with Crippen LogP contribution in [0, 0.1) is 5.82 Å². The van der Waals surface area contributed by atoms with Crippen molar-refractivity contribution in [2.24, 2.45) is 0 Å². The van der Waals surface area contributed by atoms with E-state index in [2.05, 4.69) is 10.3 Å². The fourth-order valence-corrected chi connectivity index (χ4v) is 4.08. The molecule has 0 saturated carbocycles. The highest BCUT2D eigenvalue weighted by Crippen LogP contribution is 2.27. The number of benzene rings is 2. The highest BCUT2D eigenvalue weighted by molar-refractivity contribution is 6.31. The Morgan fingerprint density at radius 3 is 2.75 bits per heavy atom. The highest BCUT2D eigenvalue weighted by atomic mass is 35.5. The fourth-order valence-electron chi connectivity index (χ4n) is 3.93. The van der Waals surface area contributed by atoms with Gasteiger partial charge < -0.3 is 19.8 Å². The van der Waals surface area contributed by atoms with Gasteiger partial charge in [0.1, 0.15) is 0 Å². The van der Waals surface area contributed by atoms with E-state index in [9.17, 15) is 14.0 Å². The van der Waals surface area contributed by atoms with E-state index in [1.807, 2.05) is 17.0 Å². The summed E-state index contributed by atoms with van der Waals surface area (Å²) in [5, 5.41) is 3.11. The van der Waals surface area contributed by atoms with Gasteiger partial charge in [-0.25, -0.2) is 4.39 Å². The maximum absolute atomic E-state index is 14.3. The molecule has 168 valence electrons. The molecular weight excluding hydrogens is 437 g/mol. The van der Waals surface area contributed by atoms with E-state index >= 15 is 0 Å². The van der Waals surface area contributed by atoms with Crippen molar-refractivity contribution < 1.29 is 18.7 Å². The smallest absolute Gasteiger partial charge is 0.234 e. The van der Waals surface area contributed by atoms with Crippen LogP contribution in [0.2, 0.25) is 5.02 Å². The average molecular weight is 460 g/mol. The number of hydrogen-bond acceptors (Lipinski definition) is 5. The Morgan fingerprint density at radius 1 is 1.22 bits per heavy atom. The van der Waals surface area contributed by atoms with E-state index in [1.54, 1.807) is 20.3 Å². The molecule has 1 aliphatic rings. The third kappa shape index (κ3) is 4.28. The molecule has 2 aromatic carbocycles. The van der Waals surface area contributed by atoms with Gasteiger partial charge in [-0.05, 0) is 29.8 Å². The zero-order chi connectivity index (χ0) is 22.8. The topological polar surface area (TPSA) is 83.7 Å². The van der Waals surface area contributed by atoms with Crippen LogP contribution in [0.4, 0.5) is 4.39 Å². The molecule has 0 radical (unpaired) electrons. The molecule has 0 bridgehead atoms. The zero-order valence-corrected chi connectivity index (χ0v) is 18.5. The number of carbonyl (C=O) groups excluding carboxylic acids is 1. The number of H-pyrrole nitrogens is 1. The Kier molecular flexibility index (Phi) is 6.34. The van der Waals surface area contributed by atoms with Gasteiger partial charge in [0.05, 0.1) is 31.3 Å². The van der Waals surface area contributed by atoms with E-state index in [1.165, 1.54) is 12.1 Å². The number of rotatable bonds is 6. The molecule has 1 aliphatic heterocycles. The minimum atomic E-state index is -0.624. The van der Waals surface area contributed by atoms with Gasteiger partial charge in [-0.15, -0.1) is 0 Å². The molecule has 2 heterocycles. The molecule has 0 spiro atoms. The molecule has 0 aliphatic carbocycles. The molecule has 0 unspecified atom stereocenters. The van der Waals surface area contributed by atoms with Crippen LogP contribution in [0.1, 0.15) is 16.8 Å². The van der Waals surface area contributed by atoms with Crippen molar-refractivity contribution in [1.29, 1.82) is 0 Å². The number of hydrogen-bond donors (Lipinski definition) is 2. The van der Waals surface area contributed by atoms with Crippen LogP contribution >= 0.6 is 11.6 Å². The first kappa shape index (κ1) is 22.1. The summed E-state index contributed by atoms with van der Waals surface area (Å²) < 4.78 is 24.8. The van der Waals surface area contributed by atoms with Crippen LogP contribution in [0.15, 0.2) is 35.1 Å². The van der Waals surface area contributed by atoms with E-state index in [0.29, 0.717) is 48.8 Å². The van der Waals surface area contributed by atoms with Gasteiger partial charge >= 0.3 is 0 Å². The Morgan fingerprint density at radius 2 is 2.00 bits per heavy atom. The first-order valence-corrected chi connectivity index (χ1v) is 10.5. The summed E-state index contributed by atoms with van der Waals surface area (Å²) in [5.74, 6) is 0.435. The number of aromatic nitrogens is 1. The number of halogens is 2. The molecule has 7 nitrogen and oxygen atoms in total. The molecule has 0 saturated heterocycles. The molecule has 0 atom stereocenters. The summed E-state index contributed by atoms with van der Waals surface area (Å²) in [7, 11) is 3.12. The second kappa shape index (κ2) is 9.18. The second-order valence-corrected chi connectivity index (χ2v) is 8.03. The van der Waals surface area contributed by atoms with Gasteiger partial charge in [0.25, 0.3) is 0 Å². The summed E-state index contributed by atoms with van der Waals surface area (Å²) in [6.45, 7) is 1.38. The largest absolute Gasteiger partial charge is 0.493 e. The van der Waals surface area contributed by atoms with Crippen molar-refractivity contribution in [2.45, 2.75) is 19.5 Å². The van der Waals surface area contributed by atoms with Crippen LogP contribution in [0.25, 0.3) is 10.9 Å². The first-order chi connectivity index (χ1) is 15.4. The number of methoxy groups -OCH3 is 2. The number of fused-ring (bicyclic) bond motifs is 2. The molecular formula is C23H23ClFN3O4. The van der Waals surface area contributed by atoms with Gasteiger partial charge in [0.15, 0.2) is 22.7 Å². The standard InChI is InChI=1S/C23H23ClFN3O4/c1-31-18-6-3-13(9-19(18)32-2)10-26-20(29)12-28-8-7-17-15(11-28)23(30)14-4-5-16(24)21(25)22(14)27-17/h3-6,9H,7-8,10-12H2,1-2H3,(H,26,29)(H,27,30). The molecule has 2 N–H and O–H groups in total. The first-order valence-electron chi connectivity index (χ1n) is 10.1. The molecule has 32 heavy (non-hydrogen) atoms. The highest BCUT2D eigenvalue weighted by Gasteiger charge is 2.23. The van der Waals surface area contributed by atoms with Crippen LogP contribution in [-0.4, -0.2) is 43.1 Å². The summed E-state index contributed by atoms with van der Waals surface area (Å²) in [4.78, 5) is 30.3. The SMILES string of the molecule is COc1ccc(CNC(=O)CN2CCc3[nH]c4c(F)c(Cl)ccc4c(=O)c3C2)cc1OC. The monoisotopic (exact) mass is 459 g/mol. The Balaban J connectivity index is 1.43. The lowest BCUT2D eigenvalue weighted by Gasteiger charge is -2.28.